The molecular formula is C14H21ClN2O3S2. The predicted molar refractivity (Wildman–Crippen MR) is 88.8 cm³/mol. The number of carbonyl (C=O) groups is 1. The van der Waals surface area contributed by atoms with Gasteiger partial charge in [-0.2, -0.15) is 4.31 Å². The molecule has 1 aromatic rings. The zero-order valence-electron chi connectivity index (χ0n) is 12.8. The lowest BCUT2D eigenvalue weighted by Crippen LogP contribution is -2.45. The first-order valence-corrected chi connectivity index (χ1v) is 10.0. The van der Waals surface area contributed by atoms with Crippen LogP contribution in [0.3, 0.4) is 0 Å². The Morgan fingerprint density at radius 1 is 1.36 bits per heavy atom. The number of halogens is 1. The lowest BCUT2D eigenvalue weighted by atomic mass is 10.2. The van der Waals surface area contributed by atoms with Crippen molar-refractivity contribution < 1.29 is 13.2 Å². The van der Waals surface area contributed by atoms with Gasteiger partial charge in [0.25, 0.3) is 10.0 Å². The van der Waals surface area contributed by atoms with Crippen molar-refractivity contribution >= 4 is 38.9 Å². The van der Waals surface area contributed by atoms with Crippen molar-refractivity contribution in [2.45, 2.75) is 42.9 Å². The van der Waals surface area contributed by atoms with Crippen LogP contribution in [0.5, 0.6) is 0 Å². The topological polar surface area (TPSA) is 57.7 Å². The van der Waals surface area contributed by atoms with E-state index in [-0.39, 0.29) is 22.7 Å². The Hall–Kier alpha value is -0.630. The van der Waals surface area contributed by atoms with Crippen molar-refractivity contribution in [2.24, 2.45) is 0 Å². The Kier molecular flexibility index (Phi) is 5.87. The lowest BCUT2D eigenvalue weighted by Gasteiger charge is -2.29. The van der Waals surface area contributed by atoms with Crippen molar-refractivity contribution in [3.63, 3.8) is 0 Å². The summed E-state index contributed by atoms with van der Waals surface area (Å²) in [6.07, 6.45) is 4.29. The van der Waals surface area contributed by atoms with Crippen LogP contribution in [0.25, 0.3) is 0 Å². The molecule has 1 aliphatic carbocycles. The quantitative estimate of drug-likeness (QED) is 0.779. The first kappa shape index (κ1) is 17.7. The van der Waals surface area contributed by atoms with E-state index in [9.17, 15) is 13.2 Å². The highest BCUT2D eigenvalue weighted by atomic mass is 35.5. The highest BCUT2D eigenvalue weighted by Crippen LogP contribution is 2.28. The molecule has 8 heteroatoms. The Morgan fingerprint density at radius 2 is 2.00 bits per heavy atom. The molecule has 1 aliphatic rings. The highest BCUT2D eigenvalue weighted by molar-refractivity contribution is 7.91. The van der Waals surface area contributed by atoms with E-state index >= 15 is 0 Å². The van der Waals surface area contributed by atoms with E-state index in [1.54, 1.807) is 11.0 Å². The van der Waals surface area contributed by atoms with Gasteiger partial charge in [0.15, 0.2) is 0 Å². The van der Waals surface area contributed by atoms with E-state index in [4.69, 9.17) is 11.6 Å². The van der Waals surface area contributed by atoms with Crippen LogP contribution in [-0.2, 0) is 14.8 Å². The number of likely N-dealkylation sites (N-methyl/N-ethyl adjacent to an activating group) is 2. The minimum absolute atomic E-state index is 0.136. The van der Waals surface area contributed by atoms with E-state index in [1.807, 2.05) is 6.92 Å². The molecule has 1 heterocycles. The molecule has 124 valence electrons. The van der Waals surface area contributed by atoms with Gasteiger partial charge in [-0.1, -0.05) is 24.4 Å². The lowest BCUT2D eigenvalue weighted by molar-refractivity contribution is -0.133. The molecule has 0 atom stereocenters. The van der Waals surface area contributed by atoms with Crippen LogP contribution >= 0.6 is 22.9 Å². The van der Waals surface area contributed by atoms with Gasteiger partial charge in [-0.05, 0) is 31.9 Å². The van der Waals surface area contributed by atoms with Crippen LogP contribution in [-0.4, -0.2) is 49.7 Å². The van der Waals surface area contributed by atoms with Gasteiger partial charge in [-0.25, -0.2) is 8.42 Å². The first-order valence-electron chi connectivity index (χ1n) is 7.37. The summed E-state index contributed by atoms with van der Waals surface area (Å²) in [5.41, 5.74) is 0. The van der Waals surface area contributed by atoms with Crippen LogP contribution in [0.4, 0.5) is 0 Å². The zero-order valence-corrected chi connectivity index (χ0v) is 15.2. The molecule has 1 fully saturated rings. The van der Waals surface area contributed by atoms with Gasteiger partial charge in [-0.15, -0.1) is 11.3 Å². The fourth-order valence-corrected chi connectivity index (χ4v) is 5.62. The van der Waals surface area contributed by atoms with Gasteiger partial charge in [-0.3, -0.25) is 4.79 Å². The summed E-state index contributed by atoms with van der Waals surface area (Å²) >= 11 is 6.80. The second kappa shape index (κ2) is 7.29. The van der Waals surface area contributed by atoms with Crippen LogP contribution in [0.1, 0.15) is 32.6 Å². The van der Waals surface area contributed by atoms with Crippen molar-refractivity contribution in [1.82, 2.24) is 9.21 Å². The van der Waals surface area contributed by atoms with E-state index in [0.717, 1.165) is 41.3 Å². The third-order valence-electron chi connectivity index (χ3n) is 4.00. The molecular weight excluding hydrogens is 344 g/mol. The van der Waals surface area contributed by atoms with Crippen LogP contribution < -0.4 is 0 Å². The normalized spacial score (nSPS) is 16.4. The number of amides is 1. The Balaban J connectivity index is 2.06. The first-order chi connectivity index (χ1) is 10.4. The minimum atomic E-state index is -3.66. The van der Waals surface area contributed by atoms with E-state index < -0.39 is 10.0 Å². The Labute approximate surface area is 140 Å². The summed E-state index contributed by atoms with van der Waals surface area (Å²) in [6, 6.07) is 3.27. The van der Waals surface area contributed by atoms with E-state index in [1.165, 1.54) is 13.1 Å². The number of hydrogen-bond donors (Lipinski definition) is 0. The van der Waals surface area contributed by atoms with Crippen LogP contribution in [0, 0.1) is 0 Å². The van der Waals surface area contributed by atoms with Crippen LogP contribution in [0.15, 0.2) is 16.3 Å². The van der Waals surface area contributed by atoms with Gasteiger partial charge in [0.05, 0.1) is 10.9 Å². The Bertz CT molecular complexity index is 624. The van der Waals surface area contributed by atoms with Crippen molar-refractivity contribution in [2.75, 3.05) is 20.1 Å². The number of sulfonamides is 1. The van der Waals surface area contributed by atoms with E-state index in [0.29, 0.717) is 10.9 Å². The monoisotopic (exact) mass is 364 g/mol. The molecule has 0 unspecified atom stereocenters. The third kappa shape index (κ3) is 3.82. The minimum Gasteiger partial charge on any atom is -0.339 e. The molecule has 1 amide bonds. The highest BCUT2D eigenvalue weighted by Gasteiger charge is 2.30. The van der Waals surface area contributed by atoms with Gasteiger partial charge in [0.2, 0.25) is 5.91 Å². The number of thiophene rings is 1. The van der Waals surface area contributed by atoms with Crippen molar-refractivity contribution in [3.8, 4) is 0 Å². The predicted octanol–water partition coefficient (Wildman–Crippen LogP) is 2.81. The van der Waals surface area contributed by atoms with Crippen molar-refractivity contribution in [3.05, 3.63) is 16.5 Å². The summed E-state index contributed by atoms with van der Waals surface area (Å²) in [7, 11) is -2.22. The Morgan fingerprint density at radius 3 is 2.50 bits per heavy atom. The van der Waals surface area contributed by atoms with Gasteiger partial charge in [0.1, 0.15) is 4.21 Å². The maximum absolute atomic E-state index is 12.5. The SMILES string of the molecule is CCN(C(=O)CN(C)S(=O)(=O)c1ccc(Cl)s1)C1CCCC1. The largest absolute Gasteiger partial charge is 0.339 e. The molecule has 22 heavy (non-hydrogen) atoms. The standard InChI is InChI=1S/C14H21ClN2O3S2/c1-3-17(11-6-4-5-7-11)13(18)10-16(2)22(19,20)14-9-8-12(15)21-14/h8-9,11H,3-7,10H2,1-2H3. The average Bonchev–Trinajstić information content (AvgIpc) is 3.11. The summed E-state index contributed by atoms with van der Waals surface area (Å²) < 4.78 is 26.5. The van der Waals surface area contributed by atoms with Gasteiger partial charge >= 0.3 is 0 Å². The average molecular weight is 365 g/mol. The molecule has 0 radical (unpaired) electrons. The molecule has 0 N–H and O–H groups in total. The summed E-state index contributed by atoms with van der Waals surface area (Å²) in [5.74, 6) is -0.136. The second-order valence-electron chi connectivity index (χ2n) is 5.44. The fourth-order valence-electron chi connectivity index (χ4n) is 2.81. The molecule has 0 saturated heterocycles. The molecule has 1 saturated carbocycles. The molecule has 0 aliphatic heterocycles. The summed E-state index contributed by atoms with van der Waals surface area (Å²) in [6.45, 7) is 2.41. The zero-order chi connectivity index (χ0) is 16.3. The molecule has 2 rings (SSSR count). The summed E-state index contributed by atoms with van der Waals surface area (Å²) in [5, 5.41) is 0. The smallest absolute Gasteiger partial charge is 0.252 e. The van der Waals surface area contributed by atoms with Gasteiger partial charge in [0, 0.05) is 19.6 Å². The molecule has 1 aromatic heterocycles. The molecule has 0 spiro atoms. The molecule has 0 bridgehead atoms. The summed E-state index contributed by atoms with van der Waals surface area (Å²) in [4.78, 5) is 14.3. The van der Waals surface area contributed by atoms with E-state index in [2.05, 4.69) is 0 Å². The maximum Gasteiger partial charge on any atom is 0.252 e. The van der Waals surface area contributed by atoms with Crippen LogP contribution in [0.2, 0.25) is 4.34 Å². The number of rotatable bonds is 6. The number of nitrogens with zero attached hydrogens (tertiary/aromatic N) is 2. The van der Waals surface area contributed by atoms with Crippen molar-refractivity contribution in [1.29, 1.82) is 0 Å². The second-order valence-corrected chi connectivity index (χ2v) is 9.42. The third-order valence-corrected chi connectivity index (χ3v) is 7.50. The number of carbonyl (C=O) groups excluding carboxylic acids is 1. The molecule has 5 nitrogen and oxygen atoms in total. The van der Waals surface area contributed by atoms with Gasteiger partial charge < -0.3 is 4.90 Å². The number of hydrogen-bond acceptors (Lipinski definition) is 4. The fraction of sp³-hybridized carbons (Fsp3) is 0.643. The maximum atomic E-state index is 12.5. The molecule has 0 aromatic carbocycles.